The molecule has 0 heterocycles. The van der Waals surface area contributed by atoms with E-state index in [4.69, 9.17) is 4.74 Å². The van der Waals surface area contributed by atoms with Gasteiger partial charge in [0, 0.05) is 19.0 Å². The minimum absolute atomic E-state index is 0.0897. The van der Waals surface area contributed by atoms with Crippen LogP contribution in [0, 0.1) is 28.9 Å². The molecule has 0 radical (unpaired) electrons. The Morgan fingerprint density at radius 3 is 2.41 bits per heavy atom. The van der Waals surface area contributed by atoms with Crippen LogP contribution in [0.3, 0.4) is 0 Å². The van der Waals surface area contributed by atoms with E-state index in [0.29, 0.717) is 13.0 Å². The van der Waals surface area contributed by atoms with Crippen molar-refractivity contribution in [1.82, 2.24) is 4.90 Å². The topological polar surface area (TPSA) is 29.5 Å². The third kappa shape index (κ3) is 8.03. The second kappa shape index (κ2) is 12.5. The fourth-order valence-electron chi connectivity index (χ4n) is 5.99. The molecule has 5 heteroatoms. The lowest BCUT2D eigenvalue weighted by molar-refractivity contribution is -0.144. The first-order chi connectivity index (χ1) is 16.2. The molecule has 0 saturated heterocycles. The lowest BCUT2D eigenvalue weighted by Crippen LogP contribution is -2.46. The zero-order chi connectivity index (χ0) is 24.7. The fourth-order valence-corrected chi connectivity index (χ4v) is 5.99. The zero-order valence-electron chi connectivity index (χ0n) is 21.8. The smallest absolute Gasteiger partial charge is 0.306 e. The van der Waals surface area contributed by atoms with Crippen LogP contribution < -0.4 is 0 Å². The number of nitrogens with zero attached hydrogens (tertiary/aromatic N) is 1. The van der Waals surface area contributed by atoms with E-state index < -0.39 is 11.6 Å². The third-order valence-electron chi connectivity index (χ3n) is 7.89. The van der Waals surface area contributed by atoms with E-state index in [-0.39, 0.29) is 29.3 Å². The Morgan fingerprint density at radius 2 is 1.76 bits per heavy atom. The van der Waals surface area contributed by atoms with Crippen molar-refractivity contribution >= 4 is 5.97 Å². The Labute approximate surface area is 205 Å². The molecule has 0 aromatic heterocycles. The van der Waals surface area contributed by atoms with Crippen molar-refractivity contribution in [2.45, 2.75) is 104 Å². The predicted molar refractivity (Wildman–Crippen MR) is 134 cm³/mol. The second-order valence-corrected chi connectivity index (χ2v) is 11.8. The summed E-state index contributed by atoms with van der Waals surface area (Å²) >= 11 is 0. The second-order valence-electron chi connectivity index (χ2n) is 11.8. The van der Waals surface area contributed by atoms with Gasteiger partial charge in [-0.1, -0.05) is 46.1 Å². The maximum atomic E-state index is 14.3. The molecule has 3 nitrogen and oxygen atoms in total. The SMILES string of the molecule is CCOC(=O)C[C@@H]1CC[C@@H](N(CCC(C)(C)C)CC2CCCCC2)[C@H](c2ccc(F)c(F)c2)C1. The van der Waals surface area contributed by atoms with E-state index in [0.717, 1.165) is 50.3 Å². The Bertz CT molecular complexity index is 785. The molecule has 0 N–H and O–H groups in total. The number of hydrogen-bond donors (Lipinski definition) is 0. The molecule has 34 heavy (non-hydrogen) atoms. The summed E-state index contributed by atoms with van der Waals surface area (Å²) in [5, 5.41) is 0. The van der Waals surface area contributed by atoms with Crippen LogP contribution in [0.4, 0.5) is 8.78 Å². The predicted octanol–water partition coefficient (Wildman–Crippen LogP) is 7.49. The van der Waals surface area contributed by atoms with Crippen molar-refractivity contribution in [3.8, 4) is 0 Å². The summed E-state index contributed by atoms with van der Waals surface area (Å²) in [5.41, 5.74) is 1.10. The van der Waals surface area contributed by atoms with Crippen LogP contribution in [0.15, 0.2) is 18.2 Å². The monoisotopic (exact) mass is 477 g/mol. The van der Waals surface area contributed by atoms with Gasteiger partial charge in [-0.05, 0) is 92.9 Å². The average molecular weight is 478 g/mol. The zero-order valence-corrected chi connectivity index (χ0v) is 21.8. The number of halogens is 2. The molecule has 0 aliphatic heterocycles. The largest absolute Gasteiger partial charge is 0.466 e. The van der Waals surface area contributed by atoms with Crippen LogP contribution in [0.25, 0.3) is 0 Å². The number of benzene rings is 1. The van der Waals surface area contributed by atoms with E-state index in [2.05, 4.69) is 25.7 Å². The molecule has 2 aliphatic rings. The minimum Gasteiger partial charge on any atom is -0.466 e. The van der Waals surface area contributed by atoms with Gasteiger partial charge in [-0.25, -0.2) is 8.78 Å². The van der Waals surface area contributed by atoms with Crippen LogP contribution in [0.1, 0.15) is 103 Å². The summed E-state index contributed by atoms with van der Waals surface area (Å²) in [6.45, 7) is 11.2. The number of rotatable bonds is 9. The van der Waals surface area contributed by atoms with Gasteiger partial charge in [0.1, 0.15) is 0 Å². The van der Waals surface area contributed by atoms with Crippen LogP contribution in [0.5, 0.6) is 0 Å². The quantitative estimate of drug-likeness (QED) is 0.345. The van der Waals surface area contributed by atoms with E-state index in [1.807, 2.05) is 6.92 Å². The first kappa shape index (κ1) is 27.1. The molecule has 0 spiro atoms. The van der Waals surface area contributed by atoms with Gasteiger partial charge < -0.3 is 4.74 Å². The van der Waals surface area contributed by atoms with Gasteiger partial charge in [-0.3, -0.25) is 9.69 Å². The van der Waals surface area contributed by atoms with Crippen LogP contribution >= 0.6 is 0 Å². The van der Waals surface area contributed by atoms with Gasteiger partial charge in [0.2, 0.25) is 0 Å². The number of hydrogen-bond acceptors (Lipinski definition) is 3. The van der Waals surface area contributed by atoms with Gasteiger partial charge in [0.25, 0.3) is 0 Å². The number of carbonyl (C=O) groups is 1. The summed E-state index contributed by atoms with van der Waals surface area (Å²) in [6, 6.07) is 4.69. The minimum atomic E-state index is -0.800. The molecule has 0 bridgehead atoms. The molecule has 1 aromatic rings. The highest BCUT2D eigenvalue weighted by atomic mass is 19.2. The van der Waals surface area contributed by atoms with Crippen LogP contribution in [-0.4, -0.2) is 36.6 Å². The van der Waals surface area contributed by atoms with Gasteiger partial charge in [0.05, 0.1) is 6.61 Å². The highest BCUT2D eigenvalue weighted by Gasteiger charge is 2.37. The summed E-state index contributed by atoms with van der Waals surface area (Å²) in [4.78, 5) is 14.9. The molecule has 2 aliphatic carbocycles. The maximum Gasteiger partial charge on any atom is 0.306 e. The van der Waals surface area contributed by atoms with Gasteiger partial charge >= 0.3 is 5.97 Å². The van der Waals surface area contributed by atoms with E-state index >= 15 is 0 Å². The average Bonchev–Trinajstić information content (AvgIpc) is 2.79. The van der Waals surface area contributed by atoms with Crippen molar-refractivity contribution in [1.29, 1.82) is 0 Å². The van der Waals surface area contributed by atoms with Crippen molar-refractivity contribution in [2.24, 2.45) is 17.3 Å². The van der Waals surface area contributed by atoms with Crippen molar-refractivity contribution in [3.63, 3.8) is 0 Å². The normalized spacial score (nSPS) is 24.4. The summed E-state index contributed by atoms with van der Waals surface area (Å²) in [7, 11) is 0. The highest BCUT2D eigenvalue weighted by Crippen LogP contribution is 2.42. The third-order valence-corrected chi connectivity index (χ3v) is 7.89. The first-order valence-corrected chi connectivity index (χ1v) is 13.5. The summed E-state index contributed by atoms with van der Waals surface area (Å²) < 4.78 is 33.3. The molecular weight excluding hydrogens is 432 g/mol. The van der Waals surface area contributed by atoms with Crippen molar-refractivity contribution in [2.75, 3.05) is 19.7 Å². The van der Waals surface area contributed by atoms with E-state index in [9.17, 15) is 13.6 Å². The molecule has 2 fully saturated rings. The van der Waals surface area contributed by atoms with Gasteiger partial charge in [0.15, 0.2) is 11.6 Å². The van der Waals surface area contributed by atoms with Gasteiger partial charge in [-0.15, -0.1) is 0 Å². The highest BCUT2D eigenvalue weighted by molar-refractivity contribution is 5.69. The maximum absolute atomic E-state index is 14.3. The Morgan fingerprint density at radius 1 is 1.03 bits per heavy atom. The Hall–Kier alpha value is -1.49. The molecule has 192 valence electrons. The summed E-state index contributed by atoms with van der Waals surface area (Å²) in [6.07, 6.45) is 10.8. The van der Waals surface area contributed by atoms with Crippen LogP contribution in [0.2, 0.25) is 0 Å². The van der Waals surface area contributed by atoms with Crippen molar-refractivity contribution < 1.29 is 18.3 Å². The fraction of sp³-hybridized carbons (Fsp3) is 0.759. The lowest BCUT2D eigenvalue weighted by atomic mass is 9.72. The lowest BCUT2D eigenvalue weighted by Gasteiger charge is -2.45. The van der Waals surface area contributed by atoms with E-state index in [1.165, 1.54) is 44.2 Å². The number of ether oxygens (including phenoxy) is 1. The van der Waals surface area contributed by atoms with Gasteiger partial charge in [-0.2, -0.15) is 0 Å². The number of carbonyl (C=O) groups excluding carboxylic acids is 1. The molecular formula is C29H45F2NO2. The molecule has 0 unspecified atom stereocenters. The van der Waals surface area contributed by atoms with Crippen molar-refractivity contribution in [3.05, 3.63) is 35.4 Å². The summed E-state index contributed by atoms with van der Waals surface area (Å²) in [5.74, 6) is -0.707. The molecule has 1 aromatic carbocycles. The van der Waals surface area contributed by atoms with Crippen LogP contribution in [-0.2, 0) is 9.53 Å². The molecule has 3 atom stereocenters. The molecule has 2 saturated carbocycles. The standard InChI is InChI=1S/C29H45F2NO2/c1-5-34-28(33)18-22-11-14-27(24(17-22)23-12-13-25(30)26(31)19-23)32(16-15-29(2,3)4)20-21-9-7-6-8-10-21/h12-13,19,21-22,24,27H,5-11,14-18,20H2,1-4H3/t22-,24+,27-/m1/s1. The molecule has 0 amide bonds. The van der Waals surface area contributed by atoms with E-state index in [1.54, 1.807) is 6.07 Å². The Kier molecular flexibility index (Phi) is 9.94. The first-order valence-electron chi connectivity index (χ1n) is 13.5. The molecule has 3 rings (SSSR count). The number of esters is 1. The Balaban J connectivity index is 1.85.